The van der Waals surface area contributed by atoms with E-state index in [4.69, 9.17) is 4.74 Å². The molecule has 2 aliphatic heterocycles. The molecule has 0 N–H and O–H groups in total. The van der Waals surface area contributed by atoms with E-state index in [1.54, 1.807) is 17.2 Å². The van der Waals surface area contributed by atoms with Crippen LogP contribution in [-0.2, 0) is 22.7 Å². The summed E-state index contributed by atoms with van der Waals surface area (Å²) in [5.74, 6) is 0.156. The second kappa shape index (κ2) is 6.03. The predicted molar refractivity (Wildman–Crippen MR) is 75.9 cm³/mol. The highest BCUT2D eigenvalue weighted by atomic mass is 16.5. The smallest absolute Gasteiger partial charge is 0.222 e. The molecule has 0 radical (unpaired) electrons. The van der Waals surface area contributed by atoms with E-state index in [1.807, 2.05) is 9.58 Å². The normalized spacial score (nSPS) is 23.4. The van der Waals surface area contributed by atoms with E-state index in [2.05, 4.69) is 25.8 Å². The van der Waals surface area contributed by atoms with Crippen molar-refractivity contribution in [1.29, 1.82) is 0 Å². The van der Waals surface area contributed by atoms with Crippen molar-refractivity contribution in [2.75, 3.05) is 13.1 Å². The van der Waals surface area contributed by atoms with Crippen molar-refractivity contribution >= 4 is 5.91 Å². The Morgan fingerprint density at radius 3 is 3.17 bits per heavy atom. The van der Waals surface area contributed by atoms with E-state index < -0.39 is 0 Å². The summed E-state index contributed by atoms with van der Waals surface area (Å²) in [6, 6.07) is 0.0680. The van der Waals surface area contributed by atoms with Crippen molar-refractivity contribution in [2.24, 2.45) is 0 Å². The molecule has 0 bridgehead atoms. The Morgan fingerprint density at radius 2 is 2.30 bits per heavy atom. The quantitative estimate of drug-likeness (QED) is 0.742. The van der Waals surface area contributed by atoms with Gasteiger partial charge in [0.2, 0.25) is 5.91 Å². The molecular formula is C13H18N8O2. The standard InChI is InChI=1S/C13H18N8O2/c22-13(2-1-4-20-9-15-16-18-20)19-5-3-12-11(7-19)21-10(8-23-12)6-14-17-21/h6,9,11-12H,1-5,7-8H2/t11-,12+/m1/s1. The highest BCUT2D eigenvalue weighted by Gasteiger charge is 2.37. The fourth-order valence-corrected chi connectivity index (χ4v) is 3.24. The highest BCUT2D eigenvalue weighted by molar-refractivity contribution is 5.76. The number of hydrogen-bond donors (Lipinski definition) is 0. The molecule has 0 saturated carbocycles. The predicted octanol–water partition coefficient (Wildman–Crippen LogP) is -0.583. The second-order valence-corrected chi connectivity index (χ2v) is 5.89. The SMILES string of the molecule is O=C(CCCn1cnnn1)N1CC[C@@H]2OCc3cnnn3[C@@H]2C1. The van der Waals surface area contributed by atoms with E-state index in [9.17, 15) is 4.79 Å². The van der Waals surface area contributed by atoms with Crippen molar-refractivity contribution in [2.45, 2.75) is 44.6 Å². The maximum Gasteiger partial charge on any atom is 0.222 e. The largest absolute Gasteiger partial charge is 0.370 e. The van der Waals surface area contributed by atoms with Gasteiger partial charge in [-0.1, -0.05) is 5.21 Å². The molecule has 0 spiro atoms. The van der Waals surface area contributed by atoms with Crippen LogP contribution in [0.2, 0.25) is 0 Å². The van der Waals surface area contributed by atoms with Crippen molar-refractivity contribution in [1.82, 2.24) is 40.1 Å². The molecule has 1 saturated heterocycles. The van der Waals surface area contributed by atoms with Gasteiger partial charge in [-0.05, 0) is 23.3 Å². The van der Waals surface area contributed by atoms with Gasteiger partial charge in [0, 0.05) is 26.1 Å². The van der Waals surface area contributed by atoms with Crippen molar-refractivity contribution in [3.8, 4) is 0 Å². The third-order valence-corrected chi connectivity index (χ3v) is 4.45. The Hall–Kier alpha value is -2.36. The van der Waals surface area contributed by atoms with Crippen LogP contribution >= 0.6 is 0 Å². The first-order chi connectivity index (χ1) is 11.3. The van der Waals surface area contributed by atoms with Gasteiger partial charge in [-0.25, -0.2) is 9.36 Å². The van der Waals surface area contributed by atoms with Gasteiger partial charge in [-0.2, -0.15) is 0 Å². The fourth-order valence-electron chi connectivity index (χ4n) is 3.24. The summed E-state index contributed by atoms with van der Waals surface area (Å²) in [6.07, 6.45) is 5.45. The first kappa shape index (κ1) is 14.2. The van der Waals surface area contributed by atoms with Gasteiger partial charge >= 0.3 is 0 Å². The average Bonchev–Trinajstić information content (AvgIpc) is 3.25. The molecule has 2 aromatic heterocycles. The number of carbonyl (C=O) groups is 1. The molecule has 10 heteroatoms. The number of piperidine rings is 1. The number of aromatic nitrogens is 7. The summed E-state index contributed by atoms with van der Waals surface area (Å²) < 4.78 is 9.41. The van der Waals surface area contributed by atoms with Gasteiger partial charge in [0.05, 0.1) is 30.6 Å². The number of aryl methyl sites for hydroxylation is 1. The van der Waals surface area contributed by atoms with Gasteiger partial charge in [0.15, 0.2) is 0 Å². The third kappa shape index (κ3) is 2.81. The molecule has 1 fully saturated rings. The molecule has 0 aliphatic carbocycles. The number of nitrogens with zero attached hydrogens (tertiary/aromatic N) is 8. The van der Waals surface area contributed by atoms with E-state index in [0.717, 1.165) is 25.1 Å². The summed E-state index contributed by atoms with van der Waals surface area (Å²) in [4.78, 5) is 14.3. The van der Waals surface area contributed by atoms with Crippen LogP contribution < -0.4 is 0 Å². The Kier molecular flexibility index (Phi) is 3.74. The summed E-state index contributed by atoms with van der Waals surface area (Å²) in [5, 5.41) is 19.1. The summed E-state index contributed by atoms with van der Waals surface area (Å²) >= 11 is 0. The van der Waals surface area contributed by atoms with Gasteiger partial charge < -0.3 is 9.64 Å². The Morgan fingerprint density at radius 1 is 1.35 bits per heavy atom. The molecule has 4 rings (SSSR count). The maximum atomic E-state index is 12.4. The molecule has 2 atom stereocenters. The number of ether oxygens (including phenoxy) is 1. The molecule has 2 aliphatic rings. The first-order valence-corrected chi connectivity index (χ1v) is 7.80. The zero-order valence-corrected chi connectivity index (χ0v) is 12.7. The van der Waals surface area contributed by atoms with Crippen LogP contribution in [0.4, 0.5) is 0 Å². The van der Waals surface area contributed by atoms with Crippen LogP contribution in [0, 0.1) is 0 Å². The zero-order chi connectivity index (χ0) is 15.6. The van der Waals surface area contributed by atoms with Crippen molar-refractivity contribution in [3.63, 3.8) is 0 Å². The highest BCUT2D eigenvalue weighted by Crippen LogP contribution is 2.30. The summed E-state index contributed by atoms with van der Waals surface area (Å²) in [6.45, 7) is 2.56. The molecule has 0 unspecified atom stereocenters. The minimum atomic E-state index is 0.0680. The molecule has 0 aromatic carbocycles. The van der Waals surface area contributed by atoms with Crippen LogP contribution in [0.3, 0.4) is 0 Å². The number of fused-ring (bicyclic) bond motifs is 3. The molecule has 4 heterocycles. The molecule has 1 amide bonds. The molecule has 23 heavy (non-hydrogen) atoms. The molecule has 10 nitrogen and oxygen atoms in total. The van der Waals surface area contributed by atoms with E-state index in [1.165, 1.54) is 0 Å². The van der Waals surface area contributed by atoms with Crippen molar-refractivity contribution < 1.29 is 9.53 Å². The number of hydrogen-bond acceptors (Lipinski definition) is 7. The average molecular weight is 318 g/mol. The third-order valence-electron chi connectivity index (χ3n) is 4.45. The van der Waals surface area contributed by atoms with Gasteiger partial charge in [0.1, 0.15) is 6.33 Å². The lowest BCUT2D eigenvalue weighted by atomic mass is 10.00. The number of rotatable bonds is 4. The Balaban J connectivity index is 1.35. The van der Waals surface area contributed by atoms with Crippen LogP contribution in [-0.4, -0.2) is 65.2 Å². The summed E-state index contributed by atoms with van der Waals surface area (Å²) in [5.41, 5.74) is 0.972. The zero-order valence-electron chi connectivity index (χ0n) is 12.7. The van der Waals surface area contributed by atoms with Crippen molar-refractivity contribution in [3.05, 3.63) is 18.2 Å². The number of amides is 1. The van der Waals surface area contributed by atoms with Gasteiger partial charge in [0.25, 0.3) is 0 Å². The Labute approximate surface area is 132 Å². The minimum absolute atomic E-state index is 0.0680. The van der Waals surface area contributed by atoms with Crippen LogP contribution in [0.25, 0.3) is 0 Å². The van der Waals surface area contributed by atoms with Crippen LogP contribution in [0.5, 0.6) is 0 Å². The number of likely N-dealkylation sites (tertiary alicyclic amines) is 1. The second-order valence-electron chi connectivity index (χ2n) is 5.89. The summed E-state index contributed by atoms with van der Waals surface area (Å²) in [7, 11) is 0. The Bertz CT molecular complexity index is 669. The fraction of sp³-hybridized carbons (Fsp3) is 0.692. The molecule has 122 valence electrons. The lowest BCUT2D eigenvalue weighted by Crippen LogP contribution is -2.49. The van der Waals surface area contributed by atoms with Gasteiger partial charge in [-0.3, -0.25) is 4.79 Å². The minimum Gasteiger partial charge on any atom is -0.370 e. The van der Waals surface area contributed by atoms with E-state index in [0.29, 0.717) is 26.1 Å². The van der Waals surface area contributed by atoms with E-state index >= 15 is 0 Å². The van der Waals surface area contributed by atoms with Crippen LogP contribution in [0.1, 0.15) is 31.0 Å². The maximum absolute atomic E-state index is 12.4. The van der Waals surface area contributed by atoms with Crippen LogP contribution in [0.15, 0.2) is 12.5 Å². The van der Waals surface area contributed by atoms with E-state index in [-0.39, 0.29) is 18.1 Å². The monoisotopic (exact) mass is 318 g/mol. The first-order valence-electron chi connectivity index (χ1n) is 7.80. The topological polar surface area (TPSA) is 104 Å². The van der Waals surface area contributed by atoms with Gasteiger partial charge in [-0.15, -0.1) is 10.2 Å². The lowest BCUT2D eigenvalue weighted by molar-refractivity contribution is -0.138. The number of carbonyl (C=O) groups excluding carboxylic acids is 1. The number of tetrazole rings is 1. The molecular weight excluding hydrogens is 300 g/mol. The lowest BCUT2D eigenvalue weighted by Gasteiger charge is -2.41. The molecule has 2 aromatic rings.